The predicted octanol–water partition coefficient (Wildman–Crippen LogP) is 2.69. The summed E-state index contributed by atoms with van der Waals surface area (Å²) in [5.74, 6) is 0.763. The van der Waals surface area contributed by atoms with Gasteiger partial charge in [0.25, 0.3) is 0 Å². The third kappa shape index (κ3) is 4.13. The Morgan fingerprint density at radius 1 is 1.26 bits per heavy atom. The third-order valence-corrected chi connectivity index (χ3v) is 2.59. The highest BCUT2D eigenvalue weighted by Gasteiger charge is 2.13. The molecular formula is C14H18FN3O. The van der Waals surface area contributed by atoms with Gasteiger partial charge < -0.3 is 9.84 Å². The molecule has 0 amide bonds. The Morgan fingerprint density at radius 2 is 2.00 bits per heavy atom. The first-order valence-electron chi connectivity index (χ1n) is 6.24. The van der Waals surface area contributed by atoms with Crippen molar-refractivity contribution in [3.05, 3.63) is 47.4 Å². The van der Waals surface area contributed by atoms with Crippen molar-refractivity contribution in [2.75, 3.05) is 0 Å². The van der Waals surface area contributed by atoms with E-state index in [0.717, 1.165) is 0 Å². The summed E-state index contributed by atoms with van der Waals surface area (Å²) < 4.78 is 18.6. The van der Waals surface area contributed by atoms with E-state index in [1.54, 1.807) is 18.2 Å². The van der Waals surface area contributed by atoms with Crippen molar-refractivity contribution in [3.8, 4) is 0 Å². The maximum absolute atomic E-state index is 13.5. The Morgan fingerprint density at radius 3 is 2.68 bits per heavy atom. The van der Waals surface area contributed by atoms with Crippen LogP contribution in [0.25, 0.3) is 0 Å². The van der Waals surface area contributed by atoms with E-state index in [4.69, 9.17) is 4.52 Å². The first kappa shape index (κ1) is 13.7. The Labute approximate surface area is 112 Å². The molecule has 2 aromatic rings. The van der Waals surface area contributed by atoms with E-state index < -0.39 is 0 Å². The molecule has 1 aromatic heterocycles. The molecule has 4 nitrogen and oxygen atoms in total. The molecule has 2 rings (SSSR count). The number of aromatic nitrogens is 2. The van der Waals surface area contributed by atoms with Crippen LogP contribution in [-0.2, 0) is 13.0 Å². The number of rotatable bonds is 4. The average molecular weight is 263 g/mol. The quantitative estimate of drug-likeness (QED) is 0.921. The van der Waals surface area contributed by atoms with Gasteiger partial charge in [-0.1, -0.05) is 23.4 Å². The van der Waals surface area contributed by atoms with Crippen molar-refractivity contribution in [1.29, 1.82) is 0 Å². The van der Waals surface area contributed by atoms with Crippen molar-refractivity contribution in [3.63, 3.8) is 0 Å². The maximum atomic E-state index is 13.5. The first-order chi connectivity index (χ1) is 8.94. The highest BCUT2D eigenvalue weighted by molar-refractivity contribution is 5.20. The fourth-order valence-electron chi connectivity index (χ4n) is 1.59. The number of nitrogens with zero attached hydrogens (tertiary/aromatic N) is 2. The van der Waals surface area contributed by atoms with Crippen LogP contribution in [0.2, 0.25) is 0 Å². The minimum atomic E-state index is -0.248. The first-order valence-corrected chi connectivity index (χ1v) is 6.24. The molecule has 0 aliphatic rings. The van der Waals surface area contributed by atoms with Crippen molar-refractivity contribution in [2.24, 2.45) is 0 Å². The minimum Gasteiger partial charge on any atom is -0.338 e. The summed E-state index contributed by atoms with van der Waals surface area (Å²) in [5.41, 5.74) is 0.554. The summed E-state index contributed by atoms with van der Waals surface area (Å²) in [5, 5.41) is 7.12. The van der Waals surface area contributed by atoms with Crippen molar-refractivity contribution in [1.82, 2.24) is 15.5 Å². The van der Waals surface area contributed by atoms with Crippen molar-refractivity contribution >= 4 is 0 Å². The number of nitrogens with one attached hydrogen (secondary N) is 1. The molecule has 0 bridgehead atoms. The molecular weight excluding hydrogens is 245 g/mol. The smallest absolute Gasteiger partial charge is 0.240 e. The molecule has 0 spiro atoms. The molecule has 5 heteroatoms. The van der Waals surface area contributed by atoms with Crippen LogP contribution in [0.4, 0.5) is 4.39 Å². The van der Waals surface area contributed by atoms with E-state index in [1.807, 2.05) is 0 Å². The summed E-state index contributed by atoms with van der Waals surface area (Å²) in [6, 6.07) is 6.60. The van der Waals surface area contributed by atoms with E-state index >= 15 is 0 Å². The summed E-state index contributed by atoms with van der Waals surface area (Å²) in [4.78, 5) is 4.24. The van der Waals surface area contributed by atoms with Gasteiger partial charge in [0.1, 0.15) is 5.82 Å². The summed E-state index contributed by atoms with van der Waals surface area (Å²) >= 11 is 0. The van der Waals surface area contributed by atoms with Gasteiger partial charge in [-0.25, -0.2) is 4.39 Å². The van der Waals surface area contributed by atoms with Gasteiger partial charge in [0, 0.05) is 12.0 Å². The zero-order valence-corrected chi connectivity index (χ0v) is 11.4. The molecule has 1 N–H and O–H groups in total. The van der Waals surface area contributed by atoms with Crippen LogP contribution >= 0.6 is 0 Å². The number of halogens is 1. The second kappa shape index (κ2) is 5.48. The lowest BCUT2D eigenvalue weighted by atomic mass is 10.1. The van der Waals surface area contributed by atoms with Crippen LogP contribution in [0.3, 0.4) is 0 Å². The highest BCUT2D eigenvalue weighted by Crippen LogP contribution is 2.11. The normalized spacial score (nSPS) is 11.8. The molecule has 0 aliphatic carbocycles. The third-order valence-electron chi connectivity index (χ3n) is 2.59. The lowest BCUT2D eigenvalue weighted by molar-refractivity contribution is 0.334. The molecule has 0 saturated heterocycles. The Balaban J connectivity index is 2.00. The van der Waals surface area contributed by atoms with E-state index in [-0.39, 0.29) is 11.4 Å². The molecule has 0 saturated carbocycles. The monoisotopic (exact) mass is 263 g/mol. The van der Waals surface area contributed by atoms with E-state index in [9.17, 15) is 4.39 Å². The Kier molecular flexibility index (Phi) is 3.95. The fraction of sp³-hybridized carbons (Fsp3) is 0.429. The van der Waals surface area contributed by atoms with Crippen LogP contribution in [-0.4, -0.2) is 15.7 Å². The molecule has 19 heavy (non-hydrogen) atoms. The van der Waals surface area contributed by atoms with E-state index in [2.05, 4.69) is 36.2 Å². The molecule has 0 fully saturated rings. The molecule has 0 radical (unpaired) electrons. The summed E-state index contributed by atoms with van der Waals surface area (Å²) in [6.07, 6.45) is 0.339. The Hall–Kier alpha value is -1.75. The maximum Gasteiger partial charge on any atom is 0.240 e. The zero-order chi connectivity index (χ0) is 13.9. The second-order valence-electron chi connectivity index (χ2n) is 5.48. The van der Waals surface area contributed by atoms with Crippen LogP contribution in [0.5, 0.6) is 0 Å². The van der Waals surface area contributed by atoms with Crippen LogP contribution < -0.4 is 5.32 Å². The topological polar surface area (TPSA) is 51.0 Å². The molecule has 102 valence electrons. The Bertz CT molecular complexity index is 546. The second-order valence-corrected chi connectivity index (χ2v) is 5.48. The molecule has 0 atom stereocenters. The van der Waals surface area contributed by atoms with Gasteiger partial charge >= 0.3 is 0 Å². The molecule has 1 heterocycles. The summed E-state index contributed by atoms with van der Waals surface area (Å²) in [7, 11) is 0. The lowest BCUT2D eigenvalue weighted by Gasteiger charge is -2.18. The van der Waals surface area contributed by atoms with Gasteiger partial charge in [-0.05, 0) is 32.4 Å². The number of hydrogen-bond acceptors (Lipinski definition) is 4. The van der Waals surface area contributed by atoms with Gasteiger partial charge in [0.2, 0.25) is 5.89 Å². The van der Waals surface area contributed by atoms with Gasteiger partial charge in [-0.2, -0.15) is 4.98 Å². The van der Waals surface area contributed by atoms with Gasteiger partial charge in [-0.3, -0.25) is 0 Å². The van der Waals surface area contributed by atoms with Gasteiger partial charge in [0.15, 0.2) is 5.82 Å². The lowest BCUT2D eigenvalue weighted by Crippen LogP contribution is -2.35. The largest absolute Gasteiger partial charge is 0.338 e. The van der Waals surface area contributed by atoms with E-state index in [0.29, 0.717) is 30.2 Å². The van der Waals surface area contributed by atoms with Crippen LogP contribution in [0.1, 0.15) is 38.0 Å². The fourth-order valence-corrected chi connectivity index (χ4v) is 1.59. The van der Waals surface area contributed by atoms with Crippen molar-refractivity contribution < 1.29 is 8.91 Å². The molecule has 1 aromatic carbocycles. The predicted molar refractivity (Wildman–Crippen MR) is 70.1 cm³/mol. The minimum absolute atomic E-state index is 0.0137. The molecule has 0 aliphatic heterocycles. The zero-order valence-electron chi connectivity index (χ0n) is 11.4. The summed E-state index contributed by atoms with van der Waals surface area (Å²) in [6.45, 7) is 6.69. The van der Waals surface area contributed by atoms with Gasteiger partial charge in [-0.15, -0.1) is 0 Å². The SMILES string of the molecule is CC(C)(C)NCc1nc(Cc2ccccc2F)no1. The average Bonchev–Trinajstić information content (AvgIpc) is 2.77. The van der Waals surface area contributed by atoms with Gasteiger partial charge in [0.05, 0.1) is 6.54 Å². The number of benzene rings is 1. The van der Waals surface area contributed by atoms with Crippen LogP contribution in [0, 0.1) is 5.82 Å². The standard InChI is InChI=1S/C14H18FN3O/c1-14(2,3)16-9-13-17-12(18-19-13)8-10-6-4-5-7-11(10)15/h4-7,16H,8-9H2,1-3H3. The molecule has 0 unspecified atom stereocenters. The number of hydrogen-bond donors (Lipinski definition) is 1. The van der Waals surface area contributed by atoms with E-state index in [1.165, 1.54) is 6.07 Å². The highest BCUT2D eigenvalue weighted by atomic mass is 19.1. The van der Waals surface area contributed by atoms with Crippen molar-refractivity contribution in [2.45, 2.75) is 39.3 Å². The van der Waals surface area contributed by atoms with Crippen LogP contribution in [0.15, 0.2) is 28.8 Å².